The van der Waals surface area contributed by atoms with Gasteiger partial charge in [0, 0.05) is 10.0 Å². The Kier molecular flexibility index (Phi) is 1.96. The molecular weight excluding hydrogens is 238 g/mol. The normalized spacial score (nSPS) is 29.8. The van der Waals surface area contributed by atoms with Gasteiger partial charge in [0.25, 0.3) is 0 Å². The zero-order chi connectivity index (χ0) is 9.60. The Balaban J connectivity index is 2.12. The Bertz CT molecular complexity index is 367. The second kappa shape index (κ2) is 3.07. The van der Waals surface area contributed by atoms with Gasteiger partial charge < -0.3 is 5.32 Å². The van der Waals surface area contributed by atoms with E-state index in [0.717, 1.165) is 0 Å². The third-order valence-corrected chi connectivity index (χ3v) is 4.15. The number of hydrogen-bond acceptors (Lipinski definition) is 1. The predicted octanol–water partition coefficient (Wildman–Crippen LogP) is 2.97. The number of benzene rings is 1. The Labute approximate surface area is 93.0 Å². The van der Waals surface area contributed by atoms with Gasteiger partial charge in [-0.1, -0.05) is 22.0 Å². The van der Waals surface area contributed by atoms with E-state index in [1.165, 1.54) is 36.7 Å². The molecule has 1 aliphatic heterocycles. The highest BCUT2D eigenvalue weighted by Gasteiger charge is 2.40. The summed E-state index contributed by atoms with van der Waals surface area (Å²) in [6, 6.07) is 6.74. The van der Waals surface area contributed by atoms with Gasteiger partial charge in [-0.15, -0.1) is 0 Å². The van der Waals surface area contributed by atoms with E-state index < -0.39 is 0 Å². The molecule has 0 saturated carbocycles. The van der Waals surface area contributed by atoms with Crippen LogP contribution in [-0.2, 0) is 12.0 Å². The second-order valence-electron chi connectivity index (χ2n) is 4.41. The van der Waals surface area contributed by atoms with Crippen LogP contribution in [0.4, 0.5) is 0 Å². The molecule has 1 nitrogen and oxygen atoms in total. The number of rotatable bonds is 0. The largest absolute Gasteiger partial charge is 0.307 e. The molecule has 1 fully saturated rings. The highest BCUT2D eigenvalue weighted by molar-refractivity contribution is 9.10. The van der Waals surface area contributed by atoms with E-state index in [4.69, 9.17) is 0 Å². The van der Waals surface area contributed by atoms with Crippen LogP contribution in [0.25, 0.3) is 0 Å². The van der Waals surface area contributed by atoms with Crippen molar-refractivity contribution in [1.82, 2.24) is 5.32 Å². The minimum absolute atomic E-state index is 0.332. The van der Waals surface area contributed by atoms with Crippen LogP contribution in [0.2, 0.25) is 0 Å². The molecule has 1 N–H and O–H groups in total. The summed E-state index contributed by atoms with van der Waals surface area (Å²) in [6.45, 7) is 1.19. The summed E-state index contributed by atoms with van der Waals surface area (Å²) in [6.07, 6.45) is 5.18. The van der Waals surface area contributed by atoms with E-state index in [1.54, 1.807) is 11.1 Å². The summed E-state index contributed by atoms with van der Waals surface area (Å²) in [5.41, 5.74) is 3.42. The van der Waals surface area contributed by atoms with Crippen LogP contribution in [-0.4, -0.2) is 6.54 Å². The van der Waals surface area contributed by atoms with Gasteiger partial charge in [-0.25, -0.2) is 0 Å². The Hall–Kier alpha value is -0.340. The van der Waals surface area contributed by atoms with Crippen molar-refractivity contribution in [1.29, 1.82) is 0 Å². The van der Waals surface area contributed by atoms with E-state index in [0.29, 0.717) is 5.54 Å². The standard InChI is InChI=1S/C12H14BrN/c13-10-3-2-9-4-6-12(11(9)8-10)5-1-7-14-12/h2-3,8,14H,1,4-7H2. The average Bonchev–Trinajstić information content (AvgIpc) is 2.77. The zero-order valence-corrected chi connectivity index (χ0v) is 9.73. The molecule has 14 heavy (non-hydrogen) atoms. The van der Waals surface area contributed by atoms with Crippen molar-refractivity contribution in [3.05, 3.63) is 33.8 Å². The third kappa shape index (κ3) is 1.17. The molecule has 0 radical (unpaired) electrons. The summed E-state index contributed by atoms with van der Waals surface area (Å²) in [5.74, 6) is 0. The quantitative estimate of drug-likeness (QED) is 0.748. The molecule has 1 aromatic carbocycles. The second-order valence-corrected chi connectivity index (χ2v) is 5.33. The molecule has 1 spiro atoms. The van der Waals surface area contributed by atoms with Crippen molar-refractivity contribution >= 4 is 15.9 Å². The summed E-state index contributed by atoms with van der Waals surface area (Å²) < 4.78 is 1.21. The lowest BCUT2D eigenvalue weighted by atomic mass is 9.90. The first kappa shape index (κ1) is 8.93. The molecule has 2 aliphatic rings. The molecule has 3 rings (SSSR count). The molecular formula is C12H14BrN. The van der Waals surface area contributed by atoms with E-state index in [2.05, 4.69) is 39.4 Å². The van der Waals surface area contributed by atoms with Crippen LogP contribution in [0.15, 0.2) is 22.7 Å². The molecule has 0 bridgehead atoms. The van der Waals surface area contributed by atoms with Crippen molar-refractivity contribution in [3.8, 4) is 0 Å². The Morgan fingerprint density at radius 2 is 2.21 bits per heavy atom. The minimum Gasteiger partial charge on any atom is -0.307 e. The molecule has 0 amide bonds. The molecule has 1 atom stereocenters. The van der Waals surface area contributed by atoms with E-state index in [9.17, 15) is 0 Å². The van der Waals surface area contributed by atoms with Gasteiger partial charge >= 0.3 is 0 Å². The maximum Gasteiger partial charge on any atom is 0.0441 e. The molecule has 1 saturated heterocycles. The van der Waals surface area contributed by atoms with Crippen molar-refractivity contribution in [2.75, 3.05) is 6.54 Å². The Morgan fingerprint density at radius 3 is 3.00 bits per heavy atom. The van der Waals surface area contributed by atoms with Gasteiger partial charge in [-0.05, 0) is 55.5 Å². The fourth-order valence-electron chi connectivity index (χ4n) is 2.94. The van der Waals surface area contributed by atoms with Gasteiger partial charge in [0.2, 0.25) is 0 Å². The molecule has 1 aromatic rings. The highest BCUT2D eigenvalue weighted by atomic mass is 79.9. The topological polar surface area (TPSA) is 12.0 Å². The summed E-state index contributed by atoms with van der Waals surface area (Å²) >= 11 is 3.57. The first-order chi connectivity index (χ1) is 6.80. The molecule has 0 aromatic heterocycles. The monoisotopic (exact) mass is 251 g/mol. The molecule has 1 aliphatic carbocycles. The van der Waals surface area contributed by atoms with Gasteiger partial charge in [0.05, 0.1) is 0 Å². The number of nitrogens with one attached hydrogen (secondary N) is 1. The minimum atomic E-state index is 0.332. The lowest BCUT2D eigenvalue weighted by Crippen LogP contribution is -2.34. The molecule has 1 heterocycles. The maximum absolute atomic E-state index is 3.69. The predicted molar refractivity (Wildman–Crippen MR) is 61.4 cm³/mol. The van der Waals surface area contributed by atoms with E-state index in [-0.39, 0.29) is 0 Å². The Morgan fingerprint density at radius 1 is 1.29 bits per heavy atom. The van der Waals surface area contributed by atoms with Crippen molar-refractivity contribution < 1.29 is 0 Å². The fourth-order valence-corrected chi connectivity index (χ4v) is 3.31. The molecule has 2 heteroatoms. The van der Waals surface area contributed by atoms with Crippen molar-refractivity contribution in [2.24, 2.45) is 0 Å². The van der Waals surface area contributed by atoms with Gasteiger partial charge in [-0.2, -0.15) is 0 Å². The first-order valence-electron chi connectivity index (χ1n) is 5.34. The smallest absolute Gasteiger partial charge is 0.0441 e. The third-order valence-electron chi connectivity index (χ3n) is 3.65. The van der Waals surface area contributed by atoms with Crippen molar-refractivity contribution in [2.45, 2.75) is 31.2 Å². The summed E-state index contributed by atoms with van der Waals surface area (Å²) in [7, 11) is 0. The molecule has 1 unspecified atom stereocenters. The van der Waals surface area contributed by atoms with Crippen LogP contribution in [0.5, 0.6) is 0 Å². The number of aryl methyl sites for hydroxylation is 1. The van der Waals surface area contributed by atoms with Crippen LogP contribution in [0, 0.1) is 0 Å². The first-order valence-corrected chi connectivity index (χ1v) is 6.13. The van der Waals surface area contributed by atoms with Crippen LogP contribution < -0.4 is 5.32 Å². The van der Waals surface area contributed by atoms with E-state index in [1.807, 2.05) is 0 Å². The fraction of sp³-hybridized carbons (Fsp3) is 0.500. The number of fused-ring (bicyclic) bond motifs is 2. The molecule has 74 valence electrons. The maximum atomic E-state index is 3.69. The number of hydrogen-bond donors (Lipinski definition) is 1. The van der Waals surface area contributed by atoms with Gasteiger partial charge in [0.1, 0.15) is 0 Å². The zero-order valence-electron chi connectivity index (χ0n) is 8.15. The SMILES string of the molecule is Brc1ccc2c(c1)C1(CCCN1)CC2. The van der Waals surface area contributed by atoms with E-state index >= 15 is 0 Å². The van der Waals surface area contributed by atoms with Crippen molar-refractivity contribution in [3.63, 3.8) is 0 Å². The summed E-state index contributed by atoms with van der Waals surface area (Å²) in [5, 5.41) is 3.69. The summed E-state index contributed by atoms with van der Waals surface area (Å²) in [4.78, 5) is 0. The number of halogens is 1. The van der Waals surface area contributed by atoms with Crippen LogP contribution in [0.1, 0.15) is 30.4 Å². The highest BCUT2D eigenvalue weighted by Crippen LogP contribution is 2.43. The average molecular weight is 252 g/mol. The lowest BCUT2D eigenvalue weighted by molar-refractivity contribution is 0.389. The lowest BCUT2D eigenvalue weighted by Gasteiger charge is -2.25. The van der Waals surface area contributed by atoms with Gasteiger partial charge in [0.15, 0.2) is 0 Å². The van der Waals surface area contributed by atoms with Crippen LogP contribution >= 0.6 is 15.9 Å². The van der Waals surface area contributed by atoms with Gasteiger partial charge in [-0.3, -0.25) is 0 Å². The van der Waals surface area contributed by atoms with Crippen LogP contribution in [0.3, 0.4) is 0 Å².